The van der Waals surface area contributed by atoms with Crippen molar-refractivity contribution in [1.29, 1.82) is 0 Å². The van der Waals surface area contributed by atoms with E-state index in [2.05, 4.69) is 5.32 Å². The topological polar surface area (TPSA) is 58.6 Å². The Balaban J connectivity index is 2.26. The molecular weight excluding hydrogens is 267 g/mol. The van der Waals surface area contributed by atoms with E-state index < -0.39 is 30.2 Å². The molecule has 2 rings (SSSR count). The number of nitrogens with one attached hydrogen (secondary N) is 1. The van der Waals surface area contributed by atoms with Gasteiger partial charge in [-0.1, -0.05) is 20.3 Å². The van der Waals surface area contributed by atoms with Gasteiger partial charge in [-0.15, -0.1) is 0 Å². The summed E-state index contributed by atoms with van der Waals surface area (Å²) in [5, 5.41) is 12.1. The van der Waals surface area contributed by atoms with Crippen LogP contribution in [0, 0.1) is 17.6 Å². The zero-order valence-corrected chi connectivity index (χ0v) is 11.4. The van der Waals surface area contributed by atoms with Crippen LogP contribution in [0.25, 0.3) is 0 Å². The first-order valence-electron chi connectivity index (χ1n) is 6.54. The number of fused-ring (bicyclic) bond motifs is 1. The van der Waals surface area contributed by atoms with Gasteiger partial charge in [-0.05, 0) is 17.4 Å². The van der Waals surface area contributed by atoms with Crippen LogP contribution in [0.1, 0.15) is 36.2 Å². The zero-order valence-electron chi connectivity index (χ0n) is 11.4. The molecule has 0 fully saturated rings. The average molecular weight is 283 g/mol. The second-order valence-corrected chi connectivity index (χ2v) is 5.01. The molecule has 108 valence electrons. The van der Waals surface area contributed by atoms with Crippen molar-refractivity contribution in [3.63, 3.8) is 0 Å². The standard InChI is InChI=1S/C13H16BF2NO3/c1-3-7(2)5-17-13(18)8-4-10-9(6-20-14(10)19)12(16)11(8)15/h4,7,19H,3,5-6H2,1-2H3,(H,17,18). The van der Waals surface area contributed by atoms with Crippen molar-refractivity contribution >= 4 is 18.5 Å². The summed E-state index contributed by atoms with van der Waals surface area (Å²) < 4.78 is 32.5. The average Bonchev–Trinajstić information content (AvgIpc) is 2.81. The molecule has 1 heterocycles. The van der Waals surface area contributed by atoms with Crippen LogP contribution in [0.15, 0.2) is 6.07 Å². The maximum atomic E-state index is 13.9. The molecule has 1 aromatic rings. The van der Waals surface area contributed by atoms with Crippen LogP contribution in [0.4, 0.5) is 8.78 Å². The Hall–Kier alpha value is -1.47. The van der Waals surface area contributed by atoms with Crippen molar-refractivity contribution in [2.75, 3.05) is 6.54 Å². The van der Waals surface area contributed by atoms with Crippen LogP contribution < -0.4 is 10.8 Å². The van der Waals surface area contributed by atoms with Crippen LogP contribution in [0.5, 0.6) is 0 Å². The van der Waals surface area contributed by atoms with Crippen molar-refractivity contribution in [1.82, 2.24) is 5.32 Å². The summed E-state index contributed by atoms with van der Waals surface area (Å²) in [6.07, 6.45) is 0.869. The van der Waals surface area contributed by atoms with E-state index in [4.69, 9.17) is 4.65 Å². The summed E-state index contributed by atoms with van der Waals surface area (Å²) in [7, 11) is -1.32. The Kier molecular flexibility index (Phi) is 4.40. The van der Waals surface area contributed by atoms with E-state index in [-0.39, 0.29) is 23.6 Å². The number of rotatable bonds is 4. The normalized spacial score (nSPS) is 15.2. The molecular formula is C13H16BF2NO3. The molecule has 1 amide bonds. The van der Waals surface area contributed by atoms with Crippen molar-refractivity contribution in [3.8, 4) is 0 Å². The molecule has 1 unspecified atom stereocenters. The van der Waals surface area contributed by atoms with Gasteiger partial charge < -0.3 is 15.0 Å². The van der Waals surface area contributed by atoms with E-state index in [1.165, 1.54) is 0 Å². The first-order valence-corrected chi connectivity index (χ1v) is 6.54. The number of carbonyl (C=O) groups is 1. The van der Waals surface area contributed by atoms with Gasteiger partial charge in [0.2, 0.25) is 0 Å². The quantitative estimate of drug-likeness (QED) is 0.809. The summed E-state index contributed by atoms with van der Waals surface area (Å²) in [6.45, 7) is 4.10. The Morgan fingerprint density at radius 3 is 2.90 bits per heavy atom. The van der Waals surface area contributed by atoms with Crippen LogP contribution in [0.2, 0.25) is 0 Å². The predicted molar refractivity (Wildman–Crippen MR) is 70.5 cm³/mol. The van der Waals surface area contributed by atoms with Gasteiger partial charge in [-0.3, -0.25) is 4.79 Å². The second-order valence-electron chi connectivity index (χ2n) is 5.01. The molecule has 0 radical (unpaired) electrons. The molecule has 1 atom stereocenters. The lowest BCUT2D eigenvalue weighted by molar-refractivity contribution is 0.0942. The highest BCUT2D eigenvalue weighted by Gasteiger charge is 2.33. The molecule has 0 aliphatic carbocycles. The molecule has 0 bridgehead atoms. The lowest BCUT2D eigenvalue weighted by Gasteiger charge is -2.12. The van der Waals surface area contributed by atoms with Gasteiger partial charge in [-0.2, -0.15) is 0 Å². The molecule has 0 saturated carbocycles. The number of benzene rings is 1. The fourth-order valence-corrected chi connectivity index (χ4v) is 1.97. The molecule has 0 spiro atoms. The molecule has 1 aliphatic heterocycles. The van der Waals surface area contributed by atoms with Crippen LogP contribution >= 0.6 is 0 Å². The van der Waals surface area contributed by atoms with E-state index in [9.17, 15) is 18.6 Å². The Labute approximate surface area is 116 Å². The van der Waals surface area contributed by atoms with Crippen molar-refractivity contribution in [2.45, 2.75) is 26.9 Å². The monoisotopic (exact) mass is 283 g/mol. The molecule has 0 aromatic heterocycles. The number of halogens is 2. The number of hydrogen-bond donors (Lipinski definition) is 2. The largest absolute Gasteiger partial charge is 0.491 e. The minimum absolute atomic E-state index is 0.0338. The van der Waals surface area contributed by atoms with Crippen LogP contribution in [-0.4, -0.2) is 24.6 Å². The second kappa shape index (κ2) is 5.89. The van der Waals surface area contributed by atoms with Crippen molar-refractivity contribution < 1.29 is 23.3 Å². The molecule has 2 N–H and O–H groups in total. The summed E-state index contributed by atoms with van der Waals surface area (Å²) in [5.74, 6) is -2.78. The molecule has 7 heteroatoms. The minimum Gasteiger partial charge on any atom is -0.423 e. The maximum absolute atomic E-state index is 13.9. The summed E-state index contributed by atoms with van der Waals surface area (Å²) in [4.78, 5) is 11.9. The Morgan fingerprint density at radius 1 is 1.55 bits per heavy atom. The smallest absolute Gasteiger partial charge is 0.423 e. The molecule has 1 aromatic carbocycles. The lowest BCUT2D eigenvalue weighted by Crippen LogP contribution is -2.33. The van der Waals surface area contributed by atoms with E-state index in [1.807, 2.05) is 13.8 Å². The Morgan fingerprint density at radius 2 is 2.25 bits per heavy atom. The Bertz CT molecular complexity index is 539. The van der Waals surface area contributed by atoms with Gasteiger partial charge >= 0.3 is 7.12 Å². The van der Waals surface area contributed by atoms with Gasteiger partial charge in [0.05, 0.1) is 12.2 Å². The fourth-order valence-electron chi connectivity index (χ4n) is 1.97. The molecule has 20 heavy (non-hydrogen) atoms. The number of carbonyl (C=O) groups excluding carboxylic acids is 1. The third-order valence-electron chi connectivity index (χ3n) is 3.55. The highest BCUT2D eigenvalue weighted by atomic mass is 19.2. The molecule has 1 aliphatic rings. The van der Waals surface area contributed by atoms with E-state index >= 15 is 0 Å². The number of hydrogen-bond acceptors (Lipinski definition) is 3. The molecule has 4 nitrogen and oxygen atoms in total. The highest BCUT2D eigenvalue weighted by molar-refractivity contribution is 6.61. The zero-order chi connectivity index (χ0) is 14.9. The van der Waals surface area contributed by atoms with Crippen molar-refractivity contribution in [2.24, 2.45) is 5.92 Å². The highest BCUT2D eigenvalue weighted by Crippen LogP contribution is 2.20. The fraction of sp³-hybridized carbons (Fsp3) is 0.462. The first kappa shape index (κ1) is 14.9. The van der Waals surface area contributed by atoms with Gasteiger partial charge in [0, 0.05) is 12.1 Å². The van der Waals surface area contributed by atoms with E-state index in [0.29, 0.717) is 6.54 Å². The van der Waals surface area contributed by atoms with Crippen LogP contribution in [-0.2, 0) is 11.3 Å². The van der Waals surface area contributed by atoms with Gasteiger partial charge in [-0.25, -0.2) is 8.78 Å². The predicted octanol–water partition coefficient (Wildman–Crippen LogP) is 0.958. The van der Waals surface area contributed by atoms with Crippen molar-refractivity contribution in [3.05, 3.63) is 28.8 Å². The van der Waals surface area contributed by atoms with Gasteiger partial charge in [0.25, 0.3) is 5.91 Å². The third-order valence-corrected chi connectivity index (χ3v) is 3.55. The summed E-state index contributed by atoms with van der Waals surface area (Å²) >= 11 is 0. The number of amides is 1. The third kappa shape index (κ3) is 2.69. The molecule has 0 saturated heterocycles. The van der Waals surface area contributed by atoms with Crippen LogP contribution in [0.3, 0.4) is 0 Å². The van der Waals surface area contributed by atoms with Gasteiger partial charge in [0.15, 0.2) is 11.6 Å². The first-order chi connectivity index (χ1) is 9.45. The van der Waals surface area contributed by atoms with E-state index in [1.54, 1.807) is 0 Å². The van der Waals surface area contributed by atoms with E-state index in [0.717, 1.165) is 12.5 Å². The minimum atomic E-state index is -1.32. The SMILES string of the molecule is CCC(C)CNC(=O)c1cc2c(c(F)c1F)COB2O. The lowest BCUT2D eigenvalue weighted by atomic mass is 9.78. The van der Waals surface area contributed by atoms with Gasteiger partial charge in [0.1, 0.15) is 0 Å². The summed E-state index contributed by atoms with van der Waals surface area (Å²) in [5.41, 5.74) is -0.333. The summed E-state index contributed by atoms with van der Waals surface area (Å²) in [6, 6.07) is 1.15. The maximum Gasteiger partial charge on any atom is 0.491 e.